The highest BCUT2D eigenvalue weighted by Crippen LogP contribution is 2.31. The molecule has 2 fully saturated rings. The minimum Gasteiger partial charge on any atom is -0.492 e. The Morgan fingerprint density at radius 3 is 2.73 bits per heavy atom. The molecule has 0 aliphatic carbocycles. The lowest BCUT2D eigenvalue weighted by molar-refractivity contribution is -0.120. The molecule has 0 amide bonds. The largest absolute Gasteiger partial charge is 0.492 e. The van der Waals surface area contributed by atoms with Crippen molar-refractivity contribution in [2.75, 3.05) is 52.5 Å². The molecule has 0 bridgehead atoms. The second-order valence-electron chi connectivity index (χ2n) is 6.70. The summed E-state index contributed by atoms with van der Waals surface area (Å²) in [5.74, 6) is 0.930. The maximum absolute atomic E-state index is 5.95. The monoisotopic (exact) mass is 368 g/mol. The number of benzene rings is 1. The molecule has 0 spiro atoms. The molecule has 1 N–H and O–H groups in total. The van der Waals surface area contributed by atoms with Crippen LogP contribution in [0.1, 0.15) is 12.5 Å². The molecule has 2 heterocycles. The van der Waals surface area contributed by atoms with Gasteiger partial charge < -0.3 is 19.7 Å². The lowest BCUT2D eigenvalue weighted by Crippen LogP contribution is -2.44. The van der Waals surface area contributed by atoms with Crippen molar-refractivity contribution < 1.29 is 9.47 Å². The number of piperazine rings is 1. The number of hydrogen-bond acceptors (Lipinski definition) is 4. The molecular formula is C17H25BrN2O2. The van der Waals surface area contributed by atoms with Gasteiger partial charge in [0.25, 0.3) is 0 Å². The Morgan fingerprint density at radius 1 is 1.32 bits per heavy atom. The van der Waals surface area contributed by atoms with Crippen LogP contribution in [0.2, 0.25) is 0 Å². The third-order valence-corrected chi connectivity index (χ3v) is 5.02. The molecule has 0 unspecified atom stereocenters. The van der Waals surface area contributed by atoms with Gasteiger partial charge in [0.05, 0.1) is 24.3 Å². The molecule has 5 heteroatoms. The van der Waals surface area contributed by atoms with Crippen molar-refractivity contribution in [1.82, 2.24) is 10.2 Å². The van der Waals surface area contributed by atoms with Gasteiger partial charge in [0, 0.05) is 38.1 Å². The summed E-state index contributed by atoms with van der Waals surface area (Å²) in [4.78, 5) is 2.52. The first-order valence-electron chi connectivity index (χ1n) is 8.07. The van der Waals surface area contributed by atoms with Crippen molar-refractivity contribution in [1.29, 1.82) is 0 Å². The van der Waals surface area contributed by atoms with Crippen LogP contribution in [0.15, 0.2) is 22.7 Å². The van der Waals surface area contributed by atoms with Gasteiger partial charge >= 0.3 is 0 Å². The standard InChI is InChI=1S/C17H25BrN2O2/c1-17(11-21-12-17)13-22-16-3-2-14(10-15(16)18)4-7-20-8-5-19-6-9-20/h2-3,10,19H,4-9,11-13H2,1H3. The highest BCUT2D eigenvalue weighted by atomic mass is 79.9. The van der Waals surface area contributed by atoms with Crippen LogP contribution in [-0.4, -0.2) is 57.4 Å². The molecule has 2 aliphatic heterocycles. The van der Waals surface area contributed by atoms with Gasteiger partial charge in [-0.25, -0.2) is 0 Å². The van der Waals surface area contributed by atoms with E-state index in [-0.39, 0.29) is 5.41 Å². The fraction of sp³-hybridized carbons (Fsp3) is 0.647. The Morgan fingerprint density at radius 2 is 2.09 bits per heavy atom. The first kappa shape index (κ1) is 16.2. The van der Waals surface area contributed by atoms with Crippen LogP contribution >= 0.6 is 15.9 Å². The lowest BCUT2D eigenvalue weighted by Gasteiger charge is -2.37. The average molecular weight is 369 g/mol. The van der Waals surface area contributed by atoms with E-state index in [1.807, 2.05) is 0 Å². The van der Waals surface area contributed by atoms with Gasteiger partial charge in [0.1, 0.15) is 5.75 Å². The summed E-state index contributed by atoms with van der Waals surface area (Å²) < 4.78 is 12.3. The topological polar surface area (TPSA) is 33.7 Å². The second-order valence-corrected chi connectivity index (χ2v) is 7.55. The first-order chi connectivity index (χ1) is 10.6. The van der Waals surface area contributed by atoms with Gasteiger partial charge in [-0.15, -0.1) is 0 Å². The summed E-state index contributed by atoms with van der Waals surface area (Å²) in [6.45, 7) is 10.2. The third kappa shape index (κ3) is 4.22. The van der Waals surface area contributed by atoms with E-state index in [4.69, 9.17) is 9.47 Å². The normalized spacial score (nSPS) is 21.4. The summed E-state index contributed by atoms with van der Waals surface area (Å²) in [6, 6.07) is 6.46. The van der Waals surface area contributed by atoms with Crippen LogP contribution in [0.3, 0.4) is 0 Å². The lowest BCUT2D eigenvalue weighted by atomic mass is 9.90. The highest BCUT2D eigenvalue weighted by molar-refractivity contribution is 9.10. The molecule has 2 aliphatic rings. The summed E-state index contributed by atoms with van der Waals surface area (Å²) in [6.07, 6.45) is 1.09. The second kappa shape index (κ2) is 7.30. The Labute approximate surface area is 141 Å². The minimum absolute atomic E-state index is 0.181. The van der Waals surface area contributed by atoms with Crippen molar-refractivity contribution in [2.24, 2.45) is 5.41 Å². The van der Waals surface area contributed by atoms with Gasteiger partial charge in [-0.2, -0.15) is 0 Å². The van der Waals surface area contributed by atoms with Crippen molar-refractivity contribution in [3.63, 3.8) is 0 Å². The molecular weight excluding hydrogens is 344 g/mol. The molecule has 0 atom stereocenters. The van der Waals surface area contributed by atoms with Gasteiger partial charge in [-0.05, 0) is 40.0 Å². The number of halogens is 1. The minimum atomic E-state index is 0.181. The number of rotatable bonds is 6. The molecule has 122 valence electrons. The van der Waals surface area contributed by atoms with E-state index in [9.17, 15) is 0 Å². The van der Waals surface area contributed by atoms with Crippen molar-refractivity contribution in [3.8, 4) is 5.75 Å². The molecule has 0 aromatic heterocycles. The Bertz CT molecular complexity index is 499. The predicted octanol–water partition coefficient (Wildman–Crippen LogP) is 2.31. The zero-order chi connectivity index (χ0) is 15.4. The molecule has 4 nitrogen and oxygen atoms in total. The van der Waals surface area contributed by atoms with E-state index < -0.39 is 0 Å². The average Bonchev–Trinajstić information content (AvgIpc) is 2.51. The third-order valence-electron chi connectivity index (χ3n) is 4.40. The molecule has 2 saturated heterocycles. The fourth-order valence-corrected chi connectivity index (χ4v) is 3.37. The van der Waals surface area contributed by atoms with E-state index in [0.717, 1.165) is 62.6 Å². The fourth-order valence-electron chi connectivity index (χ4n) is 2.82. The van der Waals surface area contributed by atoms with Gasteiger partial charge in [-0.3, -0.25) is 0 Å². The highest BCUT2D eigenvalue weighted by Gasteiger charge is 2.34. The van der Waals surface area contributed by atoms with Crippen LogP contribution in [0.5, 0.6) is 5.75 Å². The maximum atomic E-state index is 5.95. The summed E-state index contributed by atoms with van der Waals surface area (Å²) in [7, 11) is 0. The van der Waals surface area contributed by atoms with Crippen LogP contribution < -0.4 is 10.1 Å². The van der Waals surface area contributed by atoms with Gasteiger partial charge in [-0.1, -0.05) is 13.0 Å². The van der Waals surface area contributed by atoms with E-state index in [0.29, 0.717) is 6.61 Å². The predicted molar refractivity (Wildman–Crippen MR) is 91.6 cm³/mol. The molecule has 1 aromatic carbocycles. The zero-order valence-corrected chi connectivity index (χ0v) is 14.8. The molecule has 3 rings (SSSR count). The van der Waals surface area contributed by atoms with Crippen LogP contribution in [0.4, 0.5) is 0 Å². The smallest absolute Gasteiger partial charge is 0.133 e. The first-order valence-corrected chi connectivity index (χ1v) is 8.86. The molecule has 0 saturated carbocycles. The Hall–Kier alpha value is -0.620. The number of nitrogens with one attached hydrogen (secondary N) is 1. The Balaban J connectivity index is 1.50. The molecule has 22 heavy (non-hydrogen) atoms. The number of ether oxygens (including phenoxy) is 2. The maximum Gasteiger partial charge on any atom is 0.133 e. The van der Waals surface area contributed by atoms with Crippen molar-refractivity contribution in [3.05, 3.63) is 28.2 Å². The SMILES string of the molecule is CC1(COc2ccc(CCN3CCNCC3)cc2Br)COC1. The van der Waals surface area contributed by atoms with Crippen molar-refractivity contribution >= 4 is 15.9 Å². The van der Waals surface area contributed by atoms with E-state index in [1.165, 1.54) is 5.56 Å². The van der Waals surface area contributed by atoms with Crippen LogP contribution in [0, 0.1) is 5.41 Å². The Kier molecular flexibility index (Phi) is 5.39. The summed E-state index contributed by atoms with van der Waals surface area (Å²) >= 11 is 3.64. The van der Waals surface area contributed by atoms with Crippen LogP contribution in [0.25, 0.3) is 0 Å². The number of nitrogens with zero attached hydrogens (tertiary/aromatic N) is 1. The quantitative estimate of drug-likeness (QED) is 0.835. The van der Waals surface area contributed by atoms with Crippen LogP contribution in [-0.2, 0) is 11.2 Å². The van der Waals surface area contributed by atoms with E-state index in [2.05, 4.69) is 51.3 Å². The van der Waals surface area contributed by atoms with E-state index >= 15 is 0 Å². The zero-order valence-electron chi connectivity index (χ0n) is 13.2. The van der Waals surface area contributed by atoms with Gasteiger partial charge in [0.15, 0.2) is 0 Å². The van der Waals surface area contributed by atoms with Gasteiger partial charge in [0.2, 0.25) is 0 Å². The summed E-state index contributed by atoms with van der Waals surface area (Å²) in [5.41, 5.74) is 1.54. The number of hydrogen-bond donors (Lipinski definition) is 1. The van der Waals surface area contributed by atoms with Crippen molar-refractivity contribution in [2.45, 2.75) is 13.3 Å². The molecule has 0 radical (unpaired) electrons. The summed E-state index contributed by atoms with van der Waals surface area (Å²) in [5, 5.41) is 3.39. The molecule has 1 aromatic rings. The van der Waals surface area contributed by atoms with E-state index in [1.54, 1.807) is 0 Å².